The Kier molecular flexibility index (Phi) is 6.48. The van der Waals surface area contributed by atoms with Crippen LogP contribution in [-0.2, 0) is 16.0 Å². The van der Waals surface area contributed by atoms with Crippen molar-refractivity contribution in [2.75, 3.05) is 7.11 Å². The minimum Gasteiger partial charge on any atom is -0.495 e. The average Bonchev–Trinajstić information content (AvgIpc) is 2.95. The highest BCUT2D eigenvalue weighted by molar-refractivity contribution is 7.10. The Balaban J connectivity index is 2.03. The average molecular weight is 388 g/mol. The fourth-order valence-electron chi connectivity index (χ4n) is 2.10. The van der Waals surface area contributed by atoms with Crippen LogP contribution in [0.5, 0.6) is 5.75 Å². The van der Waals surface area contributed by atoms with Gasteiger partial charge < -0.3 is 15.2 Å². The van der Waals surface area contributed by atoms with E-state index in [2.05, 4.69) is 5.32 Å². The topological polar surface area (TPSA) is 75.6 Å². The van der Waals surface area contributed by atoms with Crippen molar-refractivity contribution >= 4 is 46.4 Å². The van der Waals surface area contributed by atoms with Crippen LogP contribution in [0.3, 0.4) is 0 Å². The number of benzene rings is 1. The standard InChI is InChI=1S/C16H15Cl2NO4S/c1-23-13-4-2-9(6-12(13)18)15(16(21)22)19-14(20)5-3-11-7-10(17)8-24-11/h2,4,6-8,15H,3,5H2,1H3,(H,19,20)(H,21,22). The van der Waals surface area contributed by atoms with Crippen molar-refractivity contribution in [3.05, 3.63) is 50.1 Å². The molecule has 0 fully saturated rings. The van der Waals surface area contributed by atoms with Crippen LogP contribution < -0.4 is 10.1 Å². The van der Waals surface area contributed by atoms with Crippen molar-refractivity contribution in [3.63, 3.8) is 0 Å². The highest BCUT2D eigenvalue weighted by Gasteiger charge is 2.23. The third-order valence-electron chi connectivity index (χ3n) is 3.28. The number of amides is 1. The molecule has 1 amide bonds. The Hall–Kier alpha value is -1.76. The molecule has 0 aliphatic carbocycles. The molecule has 0 saturated carbocycles. The van der Waals surface area contributed by atoms with Crippen LogP contribution in [0.25, 0.3) is 0 Å². The molecule has 0 radical (unpaired) electrons. The molecule has 0 aliphatic rings. The smallest absolute Gasteiger partial charge is 0.330 e. The minimum atomic E-state index is -1.17. The molecule has 128 valence electrons. The van der Waals surface area contributed by atoms with Crippen molar-refractivity contribution < 1.29 is 19.4 Å². The Morgan fingerprint density at radius 3 is 2.62 bits per heavy atom. The van der Waals surface area contributed by atoms with Gasteiger partial charge in [-0.15, -0.1) is 11.3 Å². The zero-order valence-corrected chi connectivity index (χ0v) is 15.0. The molecule has 0 spiro atoms. The summed E-state index contributed by atoms with van der Waals surface area (Å²) in [7, 11) is 1.47. The maximum Gasteiger partial charge on any atom is 0.330 e. The molecule has 1 aromatic carbocycles. The van der Waals surface area contributed by atoms with Gasteiger partial charge in [-0.25, -0.2) is 4.79 Å². The molecule has 8 heteroatoms. The number of methoxy groups -OCH3 is 1. The first kappa shape index (κ1) is 18.6. The second-order valence-electron chi connectivity index (χ2n) is 4.96. The molecule has 24 heavy (non-hydrogen) atoms. The first-order valence-electron chi connectivity index (χ1n) is 6.99. The van der Waals surface area contributed by atoms with Crippen molar-refractivity contribution in [2.45, 2.75) is 18.9 Å². The molecule has 1 atom stereocenters. The van der Waals surface area contributed by atoms with Crippen LogP contribution in [0.1, 0.15) is 22.9 Å². The van der Waals surface area contributed by atoms with Crippen molar-refractivity contribution in [2.24, 2.45) is 0 Å². The van der Waals surface area contributed by atoms with E-state index in [1.807, 2.05) is 0 Å². The number of thiophene rings is 1. The lowest BCUT2D eigenvalue weighted by Crippen LogP contribution is -2.33. The largest absolute Gasteiger partial charge is 0.495 e. The summed E-state index contributed by atoms with van der Waals surface area (Å²) >= 11 is 13.3. The minimum absolute atomic E-state index is 0.171. The Bertz CT molecular complexity index is 747. The van der Waals surface area contributed by atoms with Gasteiger partial charge in [-0.2, -0.15) is 0 Å². The monoisotopic (exact) mass is 387 g/mol. The Morgan fingerprint density at radius 1 is 1.33 bits per heavy atom. The first-order chi connectivity index (χ1) is 11.4. The lowest BCUT2D eigenvalue weighted by Gasteiger charge is -2.16. The highest BCUT2D eigenvalue weighted by Crippen LogP contribution is 2.28. The summed E-state index contributed by atoms with van der Waals surface area (Å²) in [5.41, 5.74) is 0.376. The maximum absolute atomic E-state index is 12.1. The number of aryl methyl sites for hydroxylation is 1. The second kappa shape index (κ2) is 8.37. The number of carbonyl (C=O) groups excluding carboxylic acids is 1. The van der Waals surface area contributed by atoms with Gasteiger partial charge in [-0.05, 0) is 30.2 Å². The summed E-state index contributed by atoms with van der Waals surface area (Å²) in [5, 5.41) is 14.6. The number of nitrogens with one attached hydrogen (secondary N) is 1. The van der Waals surface area contributed by atoms with Gasteiger partial charge in [-0.1, -0.05) is 29.3 Å². The van der Waals surface area contributed by atoms with E-state index in [4.69, 9.17) is 27.9 Å². The van der Waals surface area contributed by atoms with Gasteiger partial charge in [0.2, 0.25) is 5.91 Å². The molecule has 2 aromatic rings. The van der Waals surface area contributed by atoms with E-state index in [0.29, 0.717) is 22.8 Å². The van der Waals surface area contributed by atoms with Crippen LogP contribution >= 0.6 is 34.5 Å². The van der Waals surface area contributed by atoms with Crippen molar-refractivity contribution in [3.8, 4) is 5.75 Å². The summed E-state index contributed by atoms with van der Waals surface area (Å²) < 4.78 is 5.03. The van der Waals surface area contributed by atoms with E-state index in [-0.39, 0.29) is 17.4 Å². The van der Waals surface area contributed by atoms with E-state index in [9.17, 15) is 14.7 Å². The number of rotatable bonds is 7. The molecule has 2 rings (SSSR count). The van der Waals surface area contributed by atoms with Crippen LogP contribution in [0.2, 0.25) is 10.0 Å². The number of carboxylic acids is 1. The van der Waals surface area contributed by atoms with Gasteiger partial charge in [0.15, 0.2) is 6.04 Å². The summed E-state index contributed by atoms with van der Waals surface area (Å²) in [6.45, 7) is 0. The zero-order chi connectivity index (χ0) is 17.7. The molecule has 0 bridgehead atoms. The predicted molar refractivity (Wildman–Crippen MR) is 94.2 cm³/mol. The van der Waals surface area contributed by atoms with Crippen molar-refractivity contribution in [1.29, 1.82) is 0 Å². The summed E-state index contributed by atoms with van der Waals surface area (Å²) in [6, 6.07) is 5.21. The molecule has 1 heterocycles. The predicted octanol–water partition coefficient (Wildman–Crippen LogP) is 3.94. The van der Waals surface area contributed by atoms with Gasteiger partial charge in [-0.3, -0.25) is 4.79 Å². The van der Waals surface area contributed by atoms with Gasteiger partial charge >= 0.3 is 5.97 Å². The van der Waals surface area contributed by atoms with Crippen LogP contribution in [0.4, 0.5) is 0 Å². The van der Waals surface area contributed by atoms with E-state index in [0.717, 1.165) is 4.88 Å². The fourth-order valence-corrected chi connectivity index (χ4v) is 3.45. The quantitative estimate of drug-likeness (QED) is 0.754. The van der Waals surface area contributed by atoms with Gasteiger partial charge in [0.05, 0.1) is 17.2 Å². The number of carboxylic acid groups (broad SMARTS) is 1. The van der Waals surface area contributed by atoms with E-state index >= 15 is 0 Å². The Morgan fingerprint density at radius 2 is 2.08 bits per heavy atom. The summed E-state index contributed by atoms with van der Waals surface area (Å²) in [4.78, 5) is 24.5. The number of hydrogen-bond donors (Lipinski definition) is 2. The van der Waals surface area contributed by atoms with E-state index in [1.165, 1.54) is 24.5 Å². The maximum atomic E-state index is 12.1. The van der Waals surface area contributed by atoms with Crippen LogP contribution in [0, 0.1) is 0 Å². The summed E-state index contributed by atoms with van der Waals surface area (Å²) in [6.07, 6.45) is 0.670. The first-order valence-corrected chi connectivity index (χ1v) is 8.62. The van der Waals surface area contributed by atoms with Crippen LogP contribution in [0.15, 0.2) is 29.6 Å². The van der Waals surface area contributed by atoms with Crippen LogP contribution in [-0.4, -0.2) is 24.1 Å². The van der Waals surface area contributed by atoms with Gasteiger partial charge in [0.1, 0.15) is 5.75 Å². The number of carbonyl (C=O) groups is 2. The number of ether oxygens (including phenoxy) is 1. The number of halogens is 2. The molecule has 0 aliphatic heterocycles. The fraction of sp³-hybridized carbons (Fsp3) is 0.250. The summed E-state index contributed by atoms with van der Waals surface area (Å²) in [5.74, 6) is -1.09. The molecule has 1 unspecified atom stereocenters. The second-order valence-corrected chi connectivity index (χ2v) is 6.80. The van der Waals surface area contributed by atoms with Gasteiger partial charge in [0.25, 0.3) is 0 Å². The number of hydrogen-bond acceptors (Lipinski definition) is 4. The van der Waals surface area contributed by atoms with Crippen molar-refractivity contribution in [1.82, 2.24) is 5.32 Å². The molecule has 0 saturated heterocycles. The lowest BCUT2D eigenvalue weighted by atomic mass is 10.1. The highest BCUT2D eigenvalue weighted by atomic mass is 35.5. The molecule has 2 N–H and O–H groups in total. The molecular weight excluding hydrogens is 373 g/mol. The zero-order valence-electron chi connectivity index (χ0n) is 12.7. The van der Waals surface area contributed by atoms with Gasteiger partial charge in [0, 0.05) is 16.7 Å². The van der Waals surface area contributed by atoms with E-state index < -0.39 is 12.0 Å². The Labute approximate surface area is 153 Å². The normalized spacial score (nSPS) is 11.8. The third kappa shape index (κ3) is 4.87. The SMILES string of the molecule is COc1ccc(C(NC(=O)CCc2cc(Cl)cs2)C(=O)O)cc1Cl. The third-order valence-corrected chi connectivity index (χ3v) is 4.92. The van der Waals surface area contributed by atoms with E-state index in [1.54, 1.807) is 23.6 Å². The molecule has 5 nitrogen and oxygen atoms in total. The lowest BCUT2D eigenvalue weighted by molar-refractivity contribution is -0.142. The molecule has 1 aromatic heterocycles. The number of aliphatic carboxylic acids is 1. The molecular formula is C16H15Cl2NO4S.